The van der Waals surface area contributed by atoms with Crippen LogP contribution in [0, 0.1) is 12.8 Å². The topological polar surface area (TPSA) is 85.7 Å². The zero-order valence-corrected chi connectivity index (χ0v) is 17.1. The van der Waals surface area contributed by atoms with Gasteiger partial charge in [0.25, 0.3) is 0 Å². The average molecular weight is 418 g/mol. The third-order valence-corrected chi connectivity index (χ3v) is 5.66. The third-order valence-electron chi connectivity index (χ3n) is 5.66. The Labute approximate surface area is 179 Å². The normalized spacial score (nSPS) is 17.3. The molecule has 3 heterocycles. The van der Waals surface area contributed by atoms with Gasteiger partial charge in [-0.2, -0.15) is 0 Å². The number of hydrogen-bond donors (Lipinski definition) is 1. The van der Waals surface area contributed by atoms with Crippen LogP contribution in [0.15, 0.2) is 54.9 Å². The molecule has 1 fully saturated rings. The highest BCUT2D eigenvalue weighted by atomic mass is 16.7. The Morgan fingerprint density at radius 3 is 2.74 bits per heavy atom. The van der Waals surface area contributed by atoms with Crippen LogP contribution in [0.5, 0.6) is 11.5 Å². The van der Waals surface area contributed by atoms with Crippen LogP contribution in [0.1, 0.15) is 17.8 Å². The van der Waals surface area contributed by atoms with E-state index in [-0.39, 0.29) is 25.0 Å². The second-order valence-electron chi connectivity index (χ2n) is 7.73. The minimum absolute atomic E-state index is 0.0786. The molecule has 2 aliphatic heterocycles. The molecule has 5 rings (SSSR count). The van der Waals surface area contributed by atoms with Gasteiger partial charge < -0.3 is 24.3 Å². The summed E-state index contributed by atoms with van der Waals surface area (Å²) in [5, 5.41) is 2.93. The number of aromatic nitrogens is 2. The van der Waals surface area contributed by atoms with Crippen molar-refractivity contribution in [2.75, 3.05) is 23.6 Å². The number of carbonyl (C=O) groups excluding carboxylic acids is 2. The highest BCUT2D eigenvalue weighted by Crippen LogP contribution is 2.37. The van der Waals surface area contributed by atoms with Crippen molar-refractivity contribution in [2.24, 2.45) is 5.92 Å². The predicted octanol–water partition coefficient (Wildman–Crippen LogP) is 2.96. The van der Waals surface area contributed by atoms with Crippen molar-refractivity contribution in [3.8, 4) is 11.5 Å². The fraction of sp³-hybridized carbons (Fsp3) is 0.261. The molecule has 1 atom stereocenters. The summed E-state index contributed by atoms with van der Waals surface area (Å²) < 4.78 is 12.8. The summed E-state index contributed by atoms with van der Waals surface area (Å²) in [4.78, 5) is 31.1. The lowest BCUT2D eigenvalue weighted by Gasteiger charge is -2.17. The van der Waals surface area contributed by atoms with E-state index in [9.17, 15) is 9.59 Å². The Bertz CT molecular complexity index is 1140. The third kappa shape index (κ3) is 3.84. The average Bonchev–Trinajstić information content (AvgIpc) is 3.49. The van der Waals surface area contributed by atoms with E-state index >= 15 is 0 Å². The molecule has 158 valence electrons. The van der Waals surface area contributed by atoms with Crippen LogP contribution in [0.25, 0.3) is 0 Å². The number of aryl methyl sites for hydroxylation is 1. The quantitative estimate of drug-likeness (QED) is 0.689. The van der Waals surface area contributed by atoms with Crippen molar-refractivity contribution in [1.82, 2.24) is 9.55 Å². The standard InChI is InChI=1S/C23H22N4O4/c1-15-24-8-9-26(15)12-16-2-4-18(5-3-16)25-23(29)17-10-22(28)27(13-17)19-6-7-20-21(11-19)31-14-30-20/h2-9,11,17H,10,12-14H2,1H3,(H,25,29). The molecule has 1 saturated heterocycles. The first-order valence-electron chi connectivity index (χ1n) is 10.1. The first kappa shape index (κ1) is 19.2. The minimum atomic E-state index is -0.411. The number of ether oxygens (including phenoxy) is 2. The van der Waals surface area contributed by atoms with E-state index in [0.29, 0.717) is 29.4 Å². The lowest BCUT2D eigenvalue weighted by atomic mass is 10.1. The van der Waals surface area contributed by atoms with Gasteiger partial charge in [-0.3, -0.25) is 9.59 Å². The van der Waals surface area contributed by atoms with E-state index < -0.39 is 5.92 Å². The molecule has 1 aromatic heterocycles. The molecule has 1 unspecified atom stereocenters. The summed E-state index contributed by atoms with van der Waals surface area (Å²) in [7, 11) is 0. The Morgan fingerprint density at radius 2 is 1.97 bits per heavy atom. The van der Waals surface area contributed by atoms with E-state index in [2.05, 4.69) is 14.9 Å². The molecule has 2 aliphatic rings. The molecule has 0 radical (unpaired) electrons. The molecule has 2 aromatic carbocycles. The van der Waals surface area contributed by atoms with Crippen molar-refractivity contribution in [3.05, 3.63) is 66.2 Å². The Morgan fingerprint density at radius 1 is 1.16 bits per heavy atom. The molecule has 1 N–H and O–H groups in total. The summed E-state index contributed by atoms with van der Waals surface area (Å²) in [6.07, 6.45) is 3.89. The smallest absolute Gasteiger partial charge is 0.231 e. The molecule has 0 bridgehead atoms. The Kier molecular flexibility index (Phi) is 4.82. The Hall–Kier alpha value is -3.81. The van der Waals surface area contributed by atoms with Crippen molar-refractivity contribution in [1.29, 1.82) is 0 Å². The summed E-state index contributed by atoms with van der Waals surface area (Å²) in [6, 6.07) is 13.1. The van der Waals surface area contributed by atoms with Gasteiger partial charge in [0.1, 0.15) is 5.82 Å². The molecular weight excluding hydrogens is 396 g/mol. The maximum absolute atomic E-state index is 12.8. The zero-order chi connectivity index (χ0) is 21.4. The number of anilines is 2. The van der Waals surface area contributed by atoms with Gasteiger partial charge in [-0.15, -0.1) is 0 Å². The summed E-state index contributed by atoms with van der Waals surface area (Å²) in [6.45, 7) is 3.20. The van der Waals surface area contributed by atoms with Gasteiger partial charge in [0.2, 0.25) is 18.6 Å². The molecule has 8 nitrogen and oxygen atoms in total. The van der Waals surface area contributed by atoms with Gasteiger partial charge in [-0.1, -0.05) is 12.1 Å². The summed E-state index contributed by atoms with van der Waals surface area (Å²) in [5.41, 5.74) is 2.54. The number of hydrogen-bond acceptors (Lipinski definition) is 5. The molecule has 8 heteroatoms. The number of nitrogens with one attached hydrogen (secondary N) is 1. The molecule has 2 amide bonds. The lowest BCUT2D eigenvalue weighted by molar-refractivity contribution is -0.122. The maximum Gasteiger partial charge on any atom is 0.231 e. The van der Waals surface area contributed by atoms with Gasteiger partial charge in [0, 0.05) is 49.3 Å². The lowest BCUT2D eigenvalue weighted by Crippen LogP contribution is -2.28. The molecular formula is C23H22N4O4. The number of amides is 2. The van der Waals surface area contributed by atoms with E-state index in [4.69, 9.17) is 9.47 Å². The fourth-order valence-electron chi connectivity index (χ4n) is 3.89. The van der Waals surface area contributed by atoms with E-state index in [1.54, 1.807) is 23.2 Å². The van der Waals surface area contributed by atoms with Crippen molar-refractivity contribution in [2.45, 2.75) is 19.9 Å². The number of rotatable bonds is 5. The summed E-state index contributed by atoms with van der Waals surface area (Å²) in [5.74, 6) is 1.59. The minimum Gasteiger partial charge on any atom is -0.454 e. The van der Waals surface area contributed by atoms with E-state index in [1.807, 2.05) is 43.5 Å². The summed E-state index contributed by atoms with van der Waals surface area (Å²) >= 11 is 0. The van der Waals surface area contributed by atoms with Gasteiger partial charge in [0.15, 0.2) is 11.5 Å². The highest BCUT2D eigenvalue weighted by molar-refractivity contribution is 6.03. The highest BCUT2D eigenvalue weighted by Gasteiger charge is 2.35. The van der Waals surface area contributed by atoms with Crippen LogP contribution in [-0.2, 0) is 16.1 Å². The van der Waals surface area contributed by atoms with Gasteiger partial charge >= 0.3 is 0 Å². The largest absolute Gasteiger partial charge is 0.454 e. The number of benzene rings is 2. The predicted molar refractivity (Wildman–Crippen MR) is 114 cm³/mol. The van der Waals surface area contributed by atoms with Crippen molar-refractivity contribution in [3.63, 3.8) is 0 Å². The van der Waals surface area contributed by atoms with Crippen LogP contribution in [0.4, 0.5) is 11.4 Å². The molecule has 3 aromatic rings. The second kappa shape index (κ2) is 7.79. The van der Waals surface area contributed by atoms with Crippen LogP contribution in [0.2, 0.25) is 0 Å². The molecule has 0 saturated carbocycles. The number of nitrogens with zero attached hydrogens (tertiary/aromatic N) is 3. The van der Waals surface area contributed by atoms with Crippen molar-refractivity contribution < 1.29 is 19.1 Å². The molecule has 0 spiro atoms. The van der Waals surface area contributed by atoms with Crippen LogP contribution < -0.4 is 19.7 Å². The van der Waals surface area contributed by atoms with Crippen LogP contribution >= 0.6 is 0 Å². The monoisotopic (exact) mass is 418 g/mol. The second-order valence-corrected chi connectivity index (χ2v) is 7.73. The van der Waals surface area contributed by atoms with E-state index in [1.165, 1.54) is 0 Å². The van der Waals surface area contributed by atoms with Gasteiger partial charge in [0.05, 0.1) is 5.92 Å². The maximum atomic E-state index is 12.8. The zero-order valence-electron chi connectivity index (χ0n) is 17.1. The number of carbonyl (C=O) groups is 2. The first-order chi connectivity index (χ1) is 15.1. The van der Waals surface area contributed by atoms with Gasteiger partial charge in [-0.25, -0.2) is 4.98 Å². The number of imidazole rings is 1. The SMILES string of the molecule is Cc1nccn1Cc1ccc(NC(=O)C2CC(=O)N(c3ccc4c(c3)OCO4)C2)cc1. The van der Waals surface area contributed by atoms with Crippen LogP contribution in [-0.4, -0.2) is 34.7 Å². The van der Waals surface area contributed by atoms with E-state index in [0.717, 1.165) is 17.9 Å². The number of fused-ring (bicyclic) bond motifs is 1. The van der Waals surface area contributed by atoms with Crippen LogP contribution in [0.3, 0.4) is 0 Å². The fourth-order valence-corrected chi connectivity index (χ4v) is 3.89. The van der Waals surface area contributed by atoms with Crippen molar-refractivity contribution >= 4 is 23.2 Å². The molecule has 0 aliphatic carbocycles. The first-order valence-corrected chi connectivity index (χ1v) is 10.1. The van der Waals surface area contributed by atoms with Gasteiger partial charge in [-0.05, 0) is 36.8 Å². The molecule has 31 heavy (non-hydrogen) atoms. The Balaban J connectivity index is 1.22.